The molecule has 0 atom stereocenters. The van der Waals surface area contributed by atoms with Gasteiger partial charge in [0.15, 0.2) is 17.4 Å². The van der Waals surface area contributed by atoms with Gasteiger partial charge in [-0.05, 0) is 0 Å². The van der Waals surface area contributed by atoms with E-state index in [2.05, 4.69) is 6.58 Å². The van der Waals surface area contributed by atoms with E-state index in [1.54, 1.807) is 0 Å². The summed E-state index contributed by atoms with van der Waals surface area (Å²) in [6.07, 6.45) is 0.865. The molecule has 0 aliphatic carbocycles. The second kappa shape index (κ2) is 6.44. The maximum Gasteiger partial charge on any atom is 0.324 e. The lowest BCUT2D eigenvalue weighted by Crippen LogP contribution is -1.92. The first kappa shape index (κ1) is 14.9. The predicted molar refractivity (Wildman–Crippen MR) is 51.6 cm³/mol. The number of benzene rings is 1. The van der Waals surface area contributed by atoms with Gasteiger partial charge in [-0.15, -0.1) is 0 Å². The molecule has 16 heavy (non-hydrogen) atoms. The van der Waals surface area contributed by atoms with E-state index < -0.39 is 37.4 Å². The molecular formula is C8H8F3O4P. The summed E-state index contributed by atoms with van der Waals surface area (Å²) in [7, 11) is -2.62. The van der Waals surface area contributed by atoms with E-state index in [0.29, 0.717) is 6.07 Å². The van der Waals surface area contributed by atoms with Crippen molar-refractivity contribution in [3.05, 3.63) is 35.7 Å². The Morgan fingerprint density at radius 2 is 1.56 bits per heavy atom. The first-order valence-electron chi connectivity index (χ1n) is 3.66. The molecule has 0 unspecified atom stereocenters. The number of halogens is 3. The van der Waals surface area contributed by atoms with Crippen molar-refractivity contribution in [1.82, 2.24) is 0 Å². The smallest absolute Gasteiger partial charge is 0.324 e. The molecule has 8 heteroatoms. The van der Waals surface area contributed by atoms with Crippen LogP contribution in [0.1, 0.15) is 5.56 Å². The lowest BCUT2D eigenvalue weighted by molar-refractivity contribution is 0.368. The van der Waals surface area contributed by atoms with E-state index in [1.165, 1.54) is 0 Å². The Morgan fingerprint density at radius 3 is 1.94 bits per heavy atom. The van der Waals surface area contributed by atoms with Gasteiger partial charge in [-0.3, -0.25) is 0 Å². The lowest BCUT2D eigenvalue weighted by Gasteiger charge is -2.01. The molecular weight excluding hydrogens is 248 g/mol. The fourth-order valence-corrected chi connectivity index (χ4v) is 0.782. The molecule has 1 aromatic carbocycles. The molecule has 1 aromatic rings. The summed E-state index contributed by atoms with van der Waals surface area (Å²) in [4.78, 5) is 21.7. The van der Waals surface area contributed by atoms with Crippen LogP contribution in [0.15, 0.2) is 12.6 Å². The minimum atomic E-state index is -2.62. The van der Waals surface area contributed by atoms with Gasteiger partial charge in [0, 0.05) is 11.6 Å². The molecule has 1 rings (SSSR count). The quantitative estimate of drug-likeness (QED) is 0.576. The van der Waals surface area contributed by atoms with Crippen LogP contribution in [-0.2, 0) is 0 Å². The third-order valence-electron chi connectivity index (χ3n) is 1.39. The van der Waals surface area contributed by atoms with Crippen LogP contribution in [0.25, 0.3) is 6.08 Å². The Hall–Kier alpha value is -1.14. The molecule has 0 saturated heterocycles. The summed E-state index contributed by atoms with van der Waals surface area (Å²) in [5.74, 6) is -4.93. The van der Waals surface area contributed by atoms with Gasteiger partial charge in [0.2, 0.25) is 0 Å². The van der Waals surface area contributed by atoms with Crippen LogP contribution >= 0.6 is 8.60 Å². The summed E-state index contributed by atoms with van der Waals surface area (Å²) in [6, 6.07) is 0.398. The van der Waals surface area contributed by atoms with Crippen molar-refractivity contribution in [2.75, 3.05) is 0 Å². The molecule has 0 amide bonds. The normalized spacial score (nSPS) is 9.69. The van der Waals surface area contributed by atoms with E-state index in [-0.39, 0.29) is 0 Å². The van der Waals surface area contributed by atoms with Crippen molar-refractivity contribution < 1.29 is 33.0 Å². The molecule has 0 saturated carbocycles. The van der Waals surface area contributed by atoms with Crippen LogP contribution in [0.5, 0.6) is 5.75 Å². The molecule has 0 radical (unpaired) electrons. The highest BCUT2D eigenvalue weighted by Crippen LogP contribution is 2.25. The van der Waals surface area contributed by atoms with Gasteiger partial charge in [0.25, 0.3) is 0 Å². The zero-order valence-corrected chi connectivity index (χ0v) is 8.63. The Bertz CT molecular complexity index is 381. The van der Waals surface area contributed by atoms with Crippen LogP contribution in [-0.4, -0.2) is 19.8 Å². The van der Waals surface area contributed by atoms with Gasteiger partial charge in [0.05, 0.1) is 0 Å². The molecule has 0 aliphatic heterocycles. The average molecular weight is 256 g/mol. The maximum atomic E-state index is 12.7. The summed E-state index contributed by atoms with van der Waals surface area (Å²) in [5.41, 5.74) is -0.533. The van der Waals surface area contributed by atoms with Crippen molar-refractivity contribution in [3.8, 4) is 5.75 Å². The molecule has 0 spiro atoms. The summed E-state index contributed by atoms with van der Waals surface area (Å²) < 4.78 is 37.7. The van der Waals surface area contributed by atoms with Crippen LogP contribution in [0.3, 0.4) is 0 Å². The minimum absolute atomic E-state index is 0.398. The van der Waals surface area contributed by atoms with Crippen molar-refractivity contribution >= 4 is 14.7 Å². The summed E-state index contributed by atoms with van der Waals surface area (Å²) in [6.45, 7) is 3.11. The van der Waals surface area contributed by atoms with Gasteiger partial charge in [-0.2, -0.15) is 0 Å². The zero-order valence-electron chi connectivity index (χ0n) is 7.73. The number of hydrogen-bond acceptors (Lipinski definition) is 4. The van der Waals surface area contributed by atoms with E-state index >= 15 is 0 Å². The van der Waals surface area contributed by atoms with Crippen LogP contribution in [0.2, 0.25) is 0 Å². The topological polar surface area (TPSA) is 80.9 Å². The summed E-state index contributed by atoms with van der Waals surface area (Å²) in [5, 5.41) is 8.68. The zero-order chi connectivity index (χ0) is 12.9. The van der Waals surface area contributed by atoms with E-state index in [4.69, 9.17) is 19.8 Å². The number of rotatable bonds is 1. The van der Waals surface area contributed by atoms with Crippen LogP contribution in [0, 0.1) is 17.5 Å². The van der Waals surface area contributed by atoms with Crippen molar-refractivity contribution in [1.29, 1.82) is 0 Å². The number of phenolic OH excluding ortho intramolecular Hbond substituents is 1. The standard InChI is InChI=1S/C8H5F3O.H3O3P/c1-2-4-5(9)3-6(10)8(12)7(4)11;1-4(2)3/h2-3,12H,1H2;1-3H. The highest BCUT2D eigenvalue weighted by atomic mass is 31.2. The molecule has 4 nitrogen and oxygen atoms in total. The molecule has 4 N–H and O–H groups in total. The Kier molecular flexibility index (Phi) is 5.98. The van der Waals surface area contributed by atoms with Crippen molar-refractivity contribution in [2.24, 2.45) is 0 Å². The second-order valence-electron chi connectivity index (χ2n) is 2.39. The minimum Gasteiger partial charge on any atom is -0.503 e. The Balaban J connectivity index is 0.000000487. The van der Waals surface area contributed by atoms with Crippen molar-refractivity contribution in [2.45, 2.75) is 0 Å². The maximum absolute atomic E-state index is 12.7. The number of phenols is 1. The highest BCUT2D eigenvalue weighted by molar-refractivity contribution is 7.38. The molecule has 0 fully saturated rings. The highest BCUT2D eigenvalue weighted by Gasteiger charge is 2.15. The third-order valence-corrected chi connectivity index (χ3v) is 1.39. The van der Waals surface area contributed by atoms with Gasteiger partial charge < -0.3 is 19.8 Å². The molecule has 90 valence electrons. The molecule has 0 aliphatic rings. The molecule has 0 bridgehead atoms. The van der Waals surface area contributed by atoms with Crippen molar-refractivity contribution in [3.63, 3.8) is 0 Å². The predicted octanol–water partition coefficient (Wildman–Crippen LogP) is 1.64. The fourth-order valence-electron chi connectivity index (χ4n) is 0.782. The Labute approximate surface area is 89.9 Å². The van der Waals surface area contributed by atoms with Gasteiger partial charge in [-0.1, -0.05) is 12.7 Å². The lowest BCUT2D eigenvalue weighted by atomic mass is 10.2. The monoisotopic (exact) mass is 256 g/mol. The SMILES string of the molecule is C=Cc1c(F)cc(F)c(O)c1F.OP(O)O. The number of aromatic hydroxyl groups is 1. The molecule has 0 heterocycles. The van der Waals surface area contributed by atoms with Crippen LogP contribution in [0.4, 0.5) is 13.2 Å². The molecule has 0 aromatic heterocycles. The van der Waals surface area contributed by atoms with Gasteiger partial charge >= 0.3 is 8.60 Å². The largest absolute Gasteiger partial charge is 0.503 e. The first-order valence-corrected chi connectivity index (χ1v) is 4.86. The van der Waals surface area contributed by atoms with Gasteiger partial charge in [0.1, 0.15) is 5.82 Å². The van der Waals surface area contributed by atoms with E-state index in [1.807, 2.05) is 0 Å². The number of hydrogen-bond donors (Lipinski definition) is 4. The third kappa shape index (κ3) is 4.16. The van der Waals surface area contributed by atoms with Crippen LogP contribution < -0.4 is 0 Å². The average Bonchev–Trinajstić information content (AvgIpc) is 2.14. The summed E-state index contributed by atoms with van der Waals surface area (Å²) >= 11 is 0. The first-order chi connectivity index (χ1) is 7.31. The Morgan fingerprint density at radius 1 is 1.12 bits per heavy atom. The second-order valence-corrected chi connectivity index (χ2v) is 2.93. The van der Waals surface area contributed by atoms with E-state index in [9.17, 15) is 13.2 Å². The van der Waals surface area contributed by atoms with E-state index in [0.717, 1.165) is 6.08 Å². The van der Waals surface area contributed by atoms with Gasteiger partial charge in [-0.25, -0.2) is 13.2 Å². The fraction of sp³-hybridized carbons (Fsp3) is 0.